The van der Waals surface area contributed by atoms with Gasteiger partial charge in [-0.25, -0.2) is 9.37 Å². The molecule has 0 radical (unpaired) electrons. The van der Waals surface area contributed by atoms with E-state index in [9.17, 15) is 14.5 Å². The SMILES string of the molecule is Cc1cc(Oc2ccc(Br)cn2)c(F)cc1[N+](=O)[O-]. The molecule has 19 heavy (non-hydrogen) atoms. The molecule has 0 spiro atoms. The van der Waals surface area contributed by atoms with E-state index in [4.69, 9.17) is 4.74 Å². The molecular weight excluding hydrogens is 319 g/mol. The summed E-state index contributed by atoms with van der Waals surface area (Å²) in [7, 11) is 0. The molecule has 2 aromatic rings. The van der Waals surface area contributed by atoms with Crippen LogP contribution in [-0.4, -0.2) is 9.91 Å². The van der Waals surface area contributed by atoms with Crippen LogP contribution in [-0.2, 0) is 0 Å². The van der Waals surface area contributed by atoms with Crippen LogP contribution in [0.15, 0.2) is 34.9 Å². The van der Waals surface area contributed by atoms with Crippen molar-refractivity contribution in [2.45, 2.75) is 6.92 Å². The molecule has 0 bridgehead atoms. The van der Waals surface area contributed by atoms with E-state index < -0.39 is 10.7 Å². The Labute approximate surface area is 116 Å². The van der Waals surface area contributed by atoms with Gasteiger partial charge in [0.1, 0.15) is 0 Å². The molecule has 0 unspecified atom stereocenters. The smallest absolute Gasteiger partial charge is 0.275 e. The Bertz CT molecular complexity index is 632. The summed E-state index contributed by atoms with van der Waals surface area (Å²) in [6.45, 7) is 1.51. The lowest BCUT2D eigenvalue weighted by Gasteiger charge is -2.07. The third-order valence-electron chi connectivity index (χ3n) is 2.36. The van der Waals surface area contributed by atoms with E-state index in [1.807, 2.05) is 0 Å². The highest BCUT2D eigenvalue weighted by Crippen LogP contribution is 2.29. The zero-order valence-electron chi connectivity index (χ0n) is 9.76. The van der Waals surface area contributed by atoms with E-state index in [-0.39, 0.29) is 17.3 Å². The van der Waals surface area contributed by atoms with Crippen molar-refractivity contribution in [1.29, 1.82) is 0 Å². The average Bonchev–Trinajstić information content (AvgIpc) is 2.35. The van der Waals surface area contributed by atoms with Crippen molar-refractivity contribution >= 4 is 21.6 Å². The van der Waals surface area contributed by atoms with Crippen LogP contribution in [0.3, 0.4) is 0 Å². The quantitative estimate of drug-likeness (QED) is 0.631. The molecule has 2 rings (SSSR count). The van der Waals surface area contributed by atoms with E-state index in [1.165, 1.54) is 19.2 Å². The van der Waals surface area contributed by atoms with Gasteiger partial charge in [-0.05, 0) is 35.0 Å². The summed E-state index contributed by atoms with van der Waals surface area (Å²) in [5.74, 6) is -0.699. The first kappa shape index (κ1) is 13.4. The van der Waals surface area contributed by atoms with E-state index in [0.717, 1.165) is 10.5 Å². The maximum Gasteiger partial charge on any atom is 0.275 e. The second-order valence-corrected chi connectivity index (χ2v) is 4.66. The molecule has 0 aliphatic carbocycles. The van der Waals surface area contributed by atoms with Gasteiger partial charge in [-0.3, -0.25) is 10.1 Å². The highest BCUT2D eigenvalue weighted by atomic mass is 79.9. The number of benzene rings is 1. The minimum atomic E-state index is -0.804. The second-order valence-electron chi connectivity index (χ2n) is 3.74. The first-order chi connectivity index (χ1) is 8.97. The Balaban J connectivity index is 2.33. The molecule has 1 heterocycles. The summed E-state index contributed by atoms with van der Waals surface area (Å²) in [4.78, 5) is 14.0. The van der Waals surface area contributed by atoms with Crippen LogP contribution >= 0.6 is 15.9 Å². The van der Waals surface area contributed by atoms with E-state index in [2.05, 4.69) is 20.9 Å². The van der Waals surface area contributed by atoms with Crippen LogP contribution in [0.2, 0.25) is 0 Å². The fourth-order valence-electron chi connectivity index (χ4n) is 1.45. The van der Waals surface area contributed by atoms with Gasteiger partial charge in [0, 0.05) is 22.3 Å². The molecule has 0 atom stereocenters. The third-order valence-corrected chi connectivity index (χ3v) is 2.83. The Morgan fingerprint density at radius 1 is 1.42 bits per heavy atom. The number of nitro benzene ring substituents is 1. The van der Waals surface area contributed by atoms with Gasteiger partial charge >= 0.3 is 0 Å². The monoisotopic (exact) mass is 326 g/mol. The number of pyridine rings is 1. The predicted octanol–water partition coefficient (Wildman–Crippen LogP) is 3.99. The van der Waals surface area contributed by atoms with Gasteiger partial charge in [0.25, 0.3) is 5.69 Å². The summed E-state index contributed by atoms with van der Waals surface area (Å²) in [5, 5.41) is 10.7. The lowest BCUT2D eigenvalue weighted by atomic mass is 10.2. The highest BCUT2D eigenvalue weighted by Gasteiger charge is 2.16. The number of nitro groups is 1. The zero-order valence-corrected chi connectivity index (χ0v) is 11.3. The van der Waals surface area contributed by atoms with Gasteiger partial charge in [0.2, 0.25) is 5.88 Å². The van der Waals surface area contributed by atoms with Crippen molar-refractivity contribution in [2.24, 2.45) is 0 Å². The number of ether oxygens (including phenoxy) is 1. The lowest BCUT2D eigenvalue weighted by molar-refractivity contribution is -0.385. The number of halogens is 2. The number of hydrogen-bond donors (Lipinski definition) is 0. The largest absolute Gasteiger partial charge is 0.436 e. The number of rotatable bonds is 3. The number of hydrogen-bond acceptors (Lipinski definition) is 4. The van der Waals surface area contributed by atoms with Crippen LogP contribution in [0, 0.1) is 22.9 Å². The van der Waals surface area contributed by atoms with Crippen LogP contribution in [0.5, 0.6) is 11.6 Å². The minimum absolute atomic E-state index is 0.0991. The maximum absolute atomic E-state index is 13.7. The van der Waals surface area contributed by atoms with Gasteiger partial charge in [-0.1, -0.05) is 0 Å². The van der Waals surface area contributed by atoms with Gasteiger partial charge < -0.3 is 4.74 Å². The summed E-state index contributed by atoms with van der Waals surface area (Å²) in [6, 6.07) is 5.36. The molecule has 7 heteroatoms. The molecule has 0 aliphatic heterocycles. The molecule has 0 aliphatic rings. The van der Waals surface area contributed by atoms with Crippen molar-refractivity contribution in [3.63, 3.8) is 0 Å². The fraction of sp³-hybridized carbons (Fsp3) is 0.0833. The van der Waals surface area contributed by atoms with E-state index in [1.54, 1.807) is 12.1 Å². The molecular formula is C12H8BrFN2O3. The summed E-state index contributed by atoms with van der Waals surface area (Å²) in [5.41, 5.74) is 0.0344. The first-order valence-corrected chi connectivity index (χ1v) is 6.00. The van der Waals surface area contributed by atoms with Gasteiger partial charge in [0.05, 0.1) is 11.0 Å². The molecule has 0 N–H and O–H groups in total. The normalized spacial score (nSPS) is 10.3. The fourth-order valence-corrected chi connectivity index (χ4v) is 1.69. The summed E-state index contributed by atoms with van der Waals surface area (Å²) in [6.07, 6.45) is 1.51. The molecule has 1 aromatic carbocycles. The Morgan fingerprint density at radius 2 is 2.16 bits per heavy atom. The summed E-state index contributed by atoms with van der Waals surface area (Å²) >= 11 is 3.22. The van der Waals surface area contributed by atoms with Crippen molar-refractivity contribution in [3.8, 4) is 11.6 Å². The average molecular weight is 327 g/mol. The Kier molecular flexibility index (Phi) is 3.75. The number of aromatic nitrogens is 1. The van der Waals surface area contributed by atoms with Crippen LogP contribution in [0.1, 0.15) is 5.56 Å². The molecule has 98 valence electrons. The zero-order chi connectivity index (χ0) is 14.0. The topological polar surface area (TPSA) is 65.3 Å². The van der Waals surface area contributed by atoms with Crippen LogP contribution < -0.4 is 4.74 Å². The second kappa shape index (κ2) is 5.31. The Hall–Kier alpha value is -2.02. The van der Waals surface area contributed by atoms with Gasteiger partial charge in [-0.15, -0.1) is 0 Å². The molecule has 0 amide bonds. The Morgan fingerprint density at radius 3 is 2.74 bits per heavy atom. The molecule has 5 nitrogen and oxygen atoms in total. The maximum atomic E-state index is 13.7. The predicted molar refractivity (Wildman–Crippen MR) is 69.8 cm³/mol. The van der Waals surface area contributed by atoms with Crippen molar-refractivity contribution in [2.75, 3.05) is 0 Å². The van der Waals surface area contributed by atoms with Gasteiger partial charge in [0.15, 0.2) is 11.6 Å². The third kappa shape index (κ3) is 3.05. The first-order valence-electron chi connectivity index (χ1n) is 5.21. The van der Waals surface area contributed by atoms with Crippen LogP contribution in [0.4, 0.5) is 10.1 Å². The minimum Gasteiger partial charge on any atom is -0.436 e. The molecule has 0 saturated carbocycles. The lowest BCUT2D eigenvalue weighted by Crippen LogP contribution is -1.96. The van der Waals surface area contributed by atoms with E-state index in [0.29, 0.717) is 5.56 Å². The molecule has 0 fully saturated rings. The van der Waals surface area contributed by atoms with E-state index >= 15 is 0 Å². The van der Waals surface area contributed by atoms with Crippen LogP contribution in [0.25, 0.3) is 0 Å². The van der Waals surface area contributed by atoms with Crippen molar-refractivity contribution in [1.82, 2.24) is 4.98 Å². The van der Waals surface area contributed by atoms with Crippen molar-refractivity contribution < 1.29 is 14.1 Å². The standard InChI is InChI=1S/C12H8BrFN2O3/c1-7-4-11(9(14)5-10(7)16(17)18)19-12-3-2-8(13)6-15-12/h2-6H,1H3. The summed E-state index contributed by atoms with van der Waals surface area (Å²) < 4.78 is 19.7. The van der Waals surface area contributed by atoms with Crippen molar-refractivity contribution in [3.05, 3.63) is 56.4 Å². The number of nitrogens with zero attached hydrogens (tertiary/aromatic N) is 2. The van der Waals surface area contributed by atoms with Gasteiger partial charge in [-0.2, -0.15) is 0 Å². The molecule has 1 aromatic heterocycles. The highest BCUT2D eigenvalue weighted by molar-refractivity contribution is 9.10. The number of aryl methyl sites for hydroxylation is 1. The molecule has 0 saturated heterocycles.